The molecule has 1 amide bonds. The molecule has 0 saturated carbocycles. The zero-order chi connectivity index (χ0) is 17.7. The zero-order valence-corrected chi connectivity index (χ0v) is 13.8. The van der Waals surface area contributed by atoms with E-state index in [1.165, 1.54) is 0 Å². The summed E-state index contributed by atoms with van der Waals surface area (Å²) in [6, 6.07) is 3.89. The maximum Gasteiger partial charge on any atom is 0.416 e. The Balaban J connectivity index is 2.53. The van der Waals surface area contributed by atoms with E-state index in [0.29, 0.717) is 24.1 Å². The van der Waals surface area contributed by atoms with Gasteiger partial charge in [0.1, 0.15) is 5.60 Å². The summed E-state index contributed by atoms with van der Waals surface area (Å²) in [6.45, 7) is 7.27. The largest absolute Gasteiger partial charge is 0.444 e. The van der Waals surface area contributed by atoms with E-state index in [-0.39, 0.29) is 0 Å². The van der Waals surface area contributed by atoms with E-state index in [4.69, 9.17) is 4.74 Å². The molecule has 0 bridgehead atoms. The van der Waals surface area contributed by atoms with Gasteiger partial charge in [-0.05, 0) is 57.4 Å². The van der Waals surface area contributed by atoms with Crippen LogP contribution in [0.3, 0.4) is 0 Å². The topological polar surface area (TPSA) is 38.3 Å². The molecule has 6 heteroatoms. The molecule has 0 radical (unpaired) electrons. The molecule has 1 rings (SSSR count). The lowest BCUT2D eigenvalue weighted by Gasteiger charge is -2.19. The predicted molar refractivity (Wildman–Crippen MR) is 84.1 cm³/mol. The maximum atomic E-state index is 12.7. The Labute approximate surface area is 134 Å². The highest BCUT2D eigenvalue weighted by Crippen LogP contribution is 2.30. The number of benzene rings is 1. The van der Waals surface area contributed by atoms with Crippen molar-refractivity contribution in [2.45, 2.75) is 45.9 Å². The SMILES string of the molecule is Cc1cc(C=CCCNC(=O)OC(C)(C)C)cc(C(F)(F)F)c1. The number of alkyl carbamates (subject to hydrolysis) is 1. The van der Waals surface area contributed by atoms with Crippen LogP contribution in [0, 0.1) is 6.92 Å². The first-order chi connectivity index (χ1) is 10.5. The van der Waals surface area contributed by atoms with Crippen LogP contribution < -0.4 is 5.32 Å². The Morgan fingerprint density at radius 3 is 2.43 bits per heavy atom. The van der Waals surface area contributed by atoms with Gasteiger partial charge in [0.25, 0.3) is 0 Å². The van der Waals surface area contributed by atoms with Gasteiger partial charge in [-0.25, -0.2) is 4.79 Å². The van der Waals surface area contributed by atoms with E-state index in [1.807, 2.05) is 0 Å². The summed E-state index contributed by atoms with van der Waals surface area (Å²) in [5, 5.41) is 2.58. The molecule has 0 aliphatic carbocycles. The number of carbonyl (C=O) groups excluding carboxylic acids is 1. The normalized spacial score (nSPS) is 12.5. The molecule has 0 saturated heterocycles. The van der Waals surface area contributed by atoms with Crippen LogP contribution in [0.15, 0.2) is 24.3 Å². The van der Waals surface area contributed by atoms with Gasteiger partial charge in [-0.1, -0.05) is 18.2 Å². The van der Waals surface area contributed by atoms with Crippen molar-refractivity contribution < 1.29 is 22.7 Å². The van der Waals surface area contributed by atoms with Gasteiger partial charge in [0, 0.05) is 6.54 Å². The van der Waals surface area contributed by atoms with Gasteiger partial charge >= 0.3 is 12.3 Å². The van der Waals surface area contributed by atoms with Crippen LogP contribution in [0.4, 0.5) is 18.0 Å². The molecule has 0 unspecified atom stereocenters. The minimum Gasteiger partial charge on any atom is -0.444 e. The first kappa shape index (κ1) is 19.1. The van der Waals surface area contributed by atoms with Gasteiger partial charge < -0.3 is 10.1 Å². The minimum atomic E-state index is -4.35. The number of alkyl halides is 3. The van der Waals surface area contributed by atoms with E-state index in [1.54, 1.807) is 45.9 Å². The molecule has 128 valence electrons. The molecule has 0 spiro atoms. The number of carbonyl (C=O) groups is 1. The Kier molecular flexibility index (Phi) is 6.24. The third-order valence-corrected chi connectivity index (χ3v) is 2.72. The highest BCUT2D eigenvalue weighted by atomic mass is 19.4. The van der Waals surface area contributed by atoms with Gasteiger partial charge in [0.2, 0.25) is 0 Å². The lowest BCUT2D eigenvalue weighted by Crippen LogP contribution is -2.32. The first-order valence-corrected chi connectivity index (χ1v) is 7.30. The summed E-state index contributed by atoms with van der Waals surface area (Å²) in [4.78, 5) is 11.4. The third-order valence-electron chi connectivity index (χ3n) is 2.72. The molecule has 0 aliphatic rings. The molecule has 0 atom stereocenters. The van der Waals surface area contributed by atoms with Gasteiger partial charge in [-0.2, -0.15) is 13.2 Å². The van der Waals surface area contributed by atoms with Crippen LogP contribution in [0.5, 0.6) is 0 Å². The molecule has 3 nitrogen and oxygen atoms in total. The monoisotopic (exact) mass is 329 g/mol. The summed E-state index contributed by atoms with van der Waals surface area (Å²) < 4.78 is 43.3. The second-order valence-electron chi connectivity index (χ2n) is 6.25. The molecule has 1 aromatic rings. The number of hydrogen-bond acceptors (Lipinski definition) is 2. The average molecular weight is 329 g/mol. The quantitative estimate of drug-likeness (QED) is 0.794. The van der Waals surface area contributed by atoms with E-state index < -0.39 is 23.4 Å². The maximum absolute atomic E-state index is 12.7. The van der Waals surface area contributed by atoms with Crippen molar-refractivity contribution in [2.24, 2.45) is 0 Å². The molecule has 0 heterocycles. The molecule has 0 aliphatic heterocycles. The lowest BCUT2D eigenvalue weighted by atomic mass is 10.1. The molecule has 0 fully saturated rings. The first-order valence-electron chi connectivity index (χ1n) is 7.30. The van der Waals surface area contributed by atoms with Gasteiger partial charge in [0.15, 0.2) is 0 Å². The van der Waals surface area contributed by atoms with Crippen LogP contribution in [-0.4, -0.2) is 18.2 Å². The minimum absolute atomic E-state index is 0.351. The summed E-state index contributed by atoms with van der Waals surface area (Å²) in [5.74, 6) is 0. The van der Waals surface area contributed by atoms with Crippen LogP contribution >= 0.6 is 0 Å². The molecular formula is C17H22F3NO2. The Bertz CT molecular complexity index is 572. The van der Waals surface area contributed by atoms with Gasteiger partial charge in [0.05, 0.1) is 5.56 Å². The smallest absolute Gasteiger partial charge is 0.416 e. The lowest BCUT2D eigenvalue weighted by molar-refractivity contribution is -0.137. The molecular weight excluding hydrogens is 307 g/mol. The van der Waals surface area contributed by atoms with E-state index in [9.17, 15) is 18.0 Å². The molecule has 23 heavy (non-hydrogen) atoms. The number of ether oxygens (including phenoxy) is 1. The second-order valence-corrected chi connectivity index (χ2v) is 6.25. The fourth-order valence-corrected chi connectivity index (χ4v) is 1.86. The van der Waals surface area contributed by atoms with Crippen molar-refractivity contribution in [2.75, 3.05) is 6.54 Å². The standard InChI is InChI=1S/C17H22F3NO2/c1-12-9-13(11-14(10-12)17(18,19)20)7-5-6-8-21-15(22)23-16(2,3)4/h5,7,9-11H,6,8H2,1-4H3,(H,21,22). The fourth-order valence-electron chi connectivity index (χ4n) is 1.86. The summed E-state index contributed by atoms with van der Waals surface area (Å²) >= 11 is 0. The summed E-state index contributed by atoms with van der Waals surface area (Å²) in [7, 11) is 0. The van der Waals surface area contributed by atoms with Crippen molar-refractivity contribution in [1.29, 1.82) is 0 Å². The van der Waals surface area contributed by atoms with Crippen molar-refractivity contribution in [3.8, 4) is 0 Å². The van der Waals surface area contributed by atoms with Crippen molar-refractivity contribution >= 4 is 12.2 Å². The van der Waals surface area contributed by atoms with Crippen LogP contribution in [-0.2, 0) is 10.9 Å². The van der Waals surface area contributed by atoms with Crippen molar-refractivity contribution in [1.82, 2.24) is 5.32 Å². The molecule has 1 aromatic carbocycles. The van der Waals surface area contributed by atoms with E-state index >= 15 is 0 Å². The fraction of sp³-hybridized carbons (Fsp3) is 0.471. The number of aryl methyl sites for hydroxylation is 1. The Morgan fingerprint density at radius 1 is 1.22 bits per heavy atom. The number of rotatable bonds is 4. The highest BCUT2D eigenvalue weighted by Gasteiger charge is 2.30. The number of hydrogen-bond donors (Lipinski definition) is 1. The van der Waals surface area contributed by atoms with Gasteiger partial charge in [-0.3, -0.25) is 0 Å². The van der Waals surface area contributed by atoms with Crippen LogP contribution in [0.1, 0.15) is 43.9 Å². The molecule has 0 aromatic heterocycles. The molecule has 1 N–H and O–H groups in total. The van der Waals surface area contributed by atoms with Crippen LogP contribution in [0.25, 0.3) is 6.08 Å². The average Bonchev–Trinajstić information content (AvgIpc) is 2.34. The van der Waals surface area contributed by atoms with Gasteiger partial charge in [-0.15, -0.1) is 0 Å². The third kappa shape index (κ3) is 7.72. The van der Waals surface area contributed by atoms with E-state index in [0.717, 1.165) is 12.1 Å². The number of amides is 1. The second kappa shape index (κ2) is 7.53. The summed E-state index contributed by atoms with van der Waals surface area (Å²) in [6.07, 6.45) is -1.05. The van der Waals surface area contributed by atoms with Crippen molar-refractivity contribution in [3.05, 3.63) is 41.0 Å². The van der Waals surface area contributed by atoms with Crippen molar-refractivity contribution in [3.63, 3.8) is 0 Å². The Morgan fingerprint density at radius 2 is 1.87 bits per heavy atom. The summed E-state index contributed by atoms with van der Waals surface area (Å²) in [5.41, 5.74) is -0.194. The zero-order valence-electron chi connectivity index (χ0n) is 13.8. The highest BCUT2D eigenvalue weighted by molar-refractivity contribution is 5.67. The predicted octanol–water partition coefficient (Wildman–Crippen LogP) is 4.94. The number of nitrogens with one attached hydrogen (secondary N) is 1. The van der Waals surface area contributed by atoms with E-state index in [2.05, 4.69) is 5.32 Å². The van der Waals surface area contributed by atoms with Crippen LogP contribution in [0.2, 0.25) is 0 Å². The Hall–Kier alpha value is -1.98. The number of halogens is 3.